The summed E-state index contributed by atoms with van der Waals surface area (Å²) in [4.78, 5) is 11.8. The summed E-state index contributed by atoms with van der Waals surface area (Å²) in [7, 11) is -1.68. The van der Waals surface area contributed by atoms with Crippen LogP contribution >= 0.6 is 0 Å². The third-order valence-corrected chi connectivity index (χ3v) is 4.39. The molecule has 1 heterocycles. The Morgan fingerprint density at radius 1 is 0.889 bits per heavy atom. The number of rotatable bonds is 2. The van der Waals surface area contributed by atoms with Gasteiger partial charge >= 0.3 is 15.3 Å². The molecule has 0 amide bonds. The van der Waals surface area contributed by atoms with E-state index in [1.807, 2.05) is 60.7 Å². The van der Waals surface area contributed by atoms with Gasteiger partial charge in [0.25, 0.3) is 0 Å². The molecule has 1 saturated heterocycles. The van der Waals surface area contributed by atoms with Gasteiger partial charge in [0.1, 0.15) is 0 Å². The lowest BCUT2D eigenvalue weighted by Crippen LogP contribution is -2.31. The molecule has 1 radical (unpaired) electrons. The maximum Gasteiger partial charge on any atom is 0.500 e. The highest BCUT2D eigenvalue weighted by Crippen LogP contribution is 2.25. The Morgan fingerprint density at radius 2 is 1.50 bits per heavy atom. The Morgan fingerprint density at radius 3 is 2.17 bits per heavy atom. The summed E-state index contributed by atoms with van der Waals surface area (Å²) in [5.41, 5.74) is 0.846. The number of hydrogen-bond donors (Lipinski definition) is 0. The minimum Gasteiger partial charge on any atom is -0.486 e. The van der Waals surface area contributed by atoms with Crippen LogP contribution in [0.5, 0.6) is 0 Å². The number of hydrogen-bond acceptors (Lipinski definition) is 3. The molecule has 18 heavy (non-hydrogen) atoms. The van der Waals surface area contributed by atoms with Crippen LogP contribution in [0, 0.1) is 0 Å². The molecule has 0 aliphatic carbocycles. The first-order chi connectivity index (χ1) is 8.84. The monoisotopic (exact) mass is 255 g/mol. The molecule has 0 bridgehead atoms. The molecule has 89 valence electrons. The maximum absolute atomic E-state index is 11.8. The summed E-state index contributed by atoms with van der Waals surface area (Å²) < 4.78 is 11.1. The molecule has 1 unspecified atom stereocenters. The van der Waals surface area contributed by atoms with Crippen LogP contribution in [-0.2, 0) is 13.6 Å². The van der Waals surface area contributed by atoms with Crippen LogP contribution in [0.2, 0.25) is 0 Å². The van der Waals surface area contributed by atoms with Gasteiger partial charge in [-0.25, -0.2) is 0 Å². The molecule has 0 spiro atoms. The van der Waals surface area contributed by atoms with Gasteiger partial charge in [0.2, 0.25) is 0 Å². The Kier molecular flexibility index (Phi) is 2.96. The van der Waals surface area contributed by atoms with Gasteiger partial charge < -0.3 is 8.85 Å². The number of carbonyl (C=O) groups excluding carboxylic acids is 1. The average Bonchev–Trinajstić information content (AvgIpc) is 2.83. The first-order valence-corrected chi connectivity index (χ1v) is 7.02. The number of carbonyl (C=O) groups is 1. The maximum atomic E-state index is 11.8. The van der Waals surface area contributed by atoms with E-state index < -0.39 is 15.4 Å². The van der Waals surface area contributed by atoms with Gasteiger partial charge in [-0.3, -0.25) is 4.79 Å². The fourth-order valence-corrected chi connectivity index (χ4v) is 3.36. The van der Waals surface area contributed by atoms with Crippen molar-refractivity contribution in [2.24, 2.45) is 0 Å². The van der Waals surface area contributed by atoms with Gasteiger partial charge in [0, 0.05) is 5.19 Å². The van der Waals surface area contributed by atoms with Crippen molar-refractivity contribution < 1.29 is 13.6 Å². The van der Waals surface area contributed by atoms with Crippen molar-refractivity contribution in [2.75, 3.05) is 0 Å². The molecule has 3 rings (SSSR count). The van der Waals surface area contributed by atoms with Crippen LogP contribution in [0.25, 0.3) is 0 Å². The summed E-state index contributed by atoms with van der Waals surface area (Å²) >= 11 is 0. The molecule has 2 aromatic rings. The summed E-state index contributed by atoms with van der Waals surface area (Å²) in [6, 6.07) is 19.1. The molecule has 3 nitrogen and oxygen atoms in total. The summed E-state index contributed by atoms with van der Waals surface area (Å²) in [5.74, 6) is -0.293. The number of benzene rings is 2. The molecule has 4 heteroatoms. The van der Waals surface area contributed by atoms with Crippen molar-refractivity contribution in [3.63, 3.8) is 0 Å². The van der Waals surface area contributed by atoms with Gasteiger partial charge in [0.05, 0.1) is 0 Å². The topological polar surface area (TPSA) is 35.5 Å². The van der Waals surface area contributed by atoms with E-state index in [1.54, 1.807) is 0 Å². The molecule has 2 aromatic carbocycles. The fraction of sp³-hybridized carbons (Fsp3) is 0.0714. The van der Waals surface area contributed by atoms with E-state index in [1.165, 1.54) is 0 Å². The van der Waals surface area contributed by atoms with E-state index in [2.05, 4.69) is 0 Å². The van der Waals surface area contributed by atoms with E-state index in [-0.39, 0.29) is 5.97 Å². The minimum absolute atomic E-state index is 0.293. The van der Waals surface area contributed by atoms with Crippen LogP contribution in [0.3, 0.4) is 0 Å². The highest BCUT2D eigenvalue weighted by atomic mass is 28.3. The Bertz CT molecular complexity index is 541. The van der Waals surface area contributed by atoms with E-state index in [0.717, 1.165) is 10.8 Å². The van der Waals surface area contributed by atoms with E-state index >= 15 is 0 Å². The largest absolute Gasteiger partial charge is 0.500 e. The fourth-order valence-electron chi connectivity index (χ4n) is 1.86. The zero-order valence-corrected chi connectivity index (χ0v) is 10.6. The van der Waals surface area contributed by atoms with Crippen molar-refractivity contribution in [1.29, 1.82) is 0 Å². The zero-order chi connectivity index (χ0) is 12.4. The van der Waals surface area contributed by atoms with Gasteiger partial charge in [-0.15, -0.1) is 0 Å². The standard InChI is InChI=1S/C14H11O3Si/c15-14-13(11-7-3-1-4-8-11)16-18(17-14)12-9-5-2-6-10-12/h1-10,13H. The predicted molar refractivity (Wildman–Crippen MR) is 68.2 cm³/mol. The Balaban J connectivity index is 1.83. The van der Waals surface area contributed by atoms with Gasteiger partial charge in [-0.2, -0.15) is 0 Å². The van der Waals surface area contributed by atoms with Crippen LogP contribution < -0.4 is 5.19 Å². The molecule has 1 aliphatic rings. The normalized spacial score (nSPS) is 19.8. The quantitative estimate of drug-likeness (QED) is 0.766. The van der Waals surface area contributed by atoms with E-state index in [0.29, 0.717) is 0 Å². The SMILES string of the molecule is O=C1O[Si](c2ccccc2)OC1c1ccccc1. The molecule has 0 N–H and O–H groups in total. The summed E-state index contributed by atoms with van der Waals surface area (Å²) in [6.07, 6.45) is -0.583. The Hall–Kier alpha value is -1.91. The molecule has 1 aliphatic heterocycles. The highest BCUT2D eigenvalue weighted by molar-refractivity contribution is 6.64. The molecule has 0 aromatic heterocycles. The van der Waals surface area contributed by atoms with Crippen molar-refractivity contribution in [3.05, 3.63) is 66.2 Å². The smallest absolute Gasteiger partial charge is 0.486 e. The second kappa shape index (κ2) is 4.76. The van der Waals surface area contributed by atoms with Gasteiger partial charge in [-0.05, 0) is 5.56 Å². The molecule has 1 fully saturated rings. The third-order valence-electron chi connectivity index (χ3n) is 2.74. The first kappa shape index (κ1) is 11.2. The van der Waals surface area contributed by atoms with E-state index in [4.69, 9.17) is 8.85 Å². The van der Waals surface area contributed by atoms with Gasteiger partial charge in [0.15, 0.2) is 6.10 Å². The van der Waals surface area contributed by atoms with Crippen LogP contribution in [0.15, 0.2) is 60.7 Å². The zero-order valence-electron chi connectivity index (χ0n) is 9.58. The van der Waals surface area contributed by atoms with Crippen molar-refractivity contribution >= 4 is 20.4 Å². The van der Waals surface area contributed by atoms with Crippen molar-refractivity contribution in [2.45, 2.75) is 6.10 Å². The van der Waals surface area contributed by atoms with Crippen molar-refractivity contribution in [3.8, 4) is 0 Å². The lowest BCUT2D eigenvalue weighted by Gasteiger charge is -2.06. The highest BCUT2D eigenvalue weighted by Gasteiger charge is 2.40. The van der Waals surface area contributed by atoms with Crippen LogP contribution in [-0.4, -0.2) is 15.3 Å². The Labute approximate surface area is 107 Å². The molecular formula is C14H11O3Si. The average molecular weight is 255 g/mol. The lowest BCUT2D eigenvalue weighted by atomic mass is 10.1. The summed E-state index contributed by atoms with van der Waals surface area (Å²) in [6.45, 7) is 0. The predicted octanol–water partition coefficient (Wildman–Crippen LogP) is 1.70. The second-order valence-corrected chi connectivity index (χ2v) is 5.58. The molecule has 0 saturated carbocycles. The first-order valence-electron chi connectivity index (χ1n) is 5.70. The second-order valence-electron chi connectivity index (χ2n) is 3.98. The van der Waals surface area contributed by atoms with E-state index in [9.17, 15) is 4.79 Å². The van der Waals surface area contributed by atoms with Crippen LogP contribution in [0.1, 0.15) is 11.7 Å². The third kappa shape index (κ3) is 2.08. The van der Waals surface area contributed by atoms with Gasteiger partial charge in [-0.1, -0.05) is 60.7 Å². The lowest BCUT2D eigenvalue weighted by molar-refractivity contribution is -0.136. The molecular weight excluding hydrogens is 244 g/mol. The summed E-state index contributed by atoms with van der Waals surface area (Å²) in [5, 5.41) is 0.953. The molecule has 1 atom stereocenters. The minimum atomic E-state index is -1.68. The van der Waals surface area contributed by atoms with Crippen molar-refractivity contribution in [1.82, 2.24) is 0 Å². The van der Waals surface area contributed by atoms with Crippen LogP contribution in [0.4, 0.5) is 0 Å².